The van der Waals surface area contributed by atoms with Gasteiger partial charge in [0, 0.05) is 77.9 Å². The predicted molar refractivity (Wildman–Crippen MR) is 426 cm³/mol. The largest absolute Gasteiger partial charge is 0.310 e. The highest BCUT2D eigenvalue weighted by Gasteiger charge is 2.48. The van der Waals surface area contributed by atoms with Crippen LogP contribution >= 0.6 is 0 Å². The zero-order valence-corrected chi connectivity index (χ0v) is 57.4. The highest BCUT2D eigenvalue weighted by atomic mass is 15.2. The van der Waals surface area contributed by atoms with E-state index in [1.807, 2.05) is 152 Å². The molecule has 0 bridgehead atoms. The highest BCUT2D eigenvalue weighted by molar-refractivity contribution is 7.00. The van der Waals surface area contributed by atoms with E-state index in [-0.39, 0.29) is 66.1 Å². The summed E-state index contributed by atoms with van der Waals surface area (Å²) in [7, 11) is 0. The van der Waals surface area contributed by atoms with E-state index in [1.54, 1.807) is 0 Å². The molecule has 0 amide bonds. The second-order valence-electron chi connectivity index (χ2n) is 30.1. The van der Waals surface area contributed by atoms with Crippen LogP contribution in [-0.4, -0.2) is 15.8 Å². The van der Waals surface area contributed by atoms with Gasteiger partial charge >= 0.3 is 0 Å². The molecule has 0 N–H and O–H groups in total. The van der Waals surface area contributed by atoms with Crippen LogP contribution in [0.3, 0.4) is 0 Å². The average molecular weight is 1300 g/mol. The molecule has 482 valence electrons. The molecule has 0 radical (unpaired) electrons. The van der Waals surface area contributed by atoms with Crippen molar-refractivity contribution in [2.75, 3.05) is 9.80 Å². The molecule has 4 heterocycles. The summed E-state index contributed by atoms with van der Waals surface area (Å²) < 4.78 is 213. The van der Waals surface area contributed by atoms with Crippen molar-refractivity contribution in [1.29, 1.82) is 0 Å². The lowest BCUT2D eigenvalue weighted by atomic mass is 9.32. The highest BCUT2D eigenvalue weighted by Crippen LogP contribution is 2.56. The molecule has 2 aromatic heterocycles. The number of hydrogen-bond donors (Lipinski definition) is 0. The number of anilines is 6. The molecule has 13 aromatic carbocycles. The third-order valence-corrected chi connectivity index (χ3v) is 19.6. The van der Waals surface area contributed by atoms with Crippen LogP contribution < -0.4 is 26.2 Å². The molecule has 0 saturated carbocycles. The van der Waals surface area contributed by atoms with Gasteiger partial charge in [-0.25, -0.2) is 0 Å². The summed E-state index contributed by atoms with van der Waals surface area (Å²) >= 11 is 0. The molecule has 0 fully saturated rings. The molecule has 2 aliphatic heterocycles. The Kier molecular flexibility index (Phi) is 9.87. The van der Waals surface area contributed by atoms with Crippen molar-refractivity contribution in [3.8, 4) is 55.9 Å². The maximum atomic E-state index is 12.0. The Morgan fingerprint density at radius 1 is 0.303 bits per heavy atom. The molecule has 0 atom stereocenters. The Balaban J connectivity index is 1.20. The van der Waals surface area contributed by atoms with Crippen molar-refractivity contribution >= 4 is 101 Å². The van der Waals surface area contributed by atoms with Gasteiger partial charge in [0.25, 0.3) is 6.71 Å². The number of benzene rings is 13. The SMILES string of the molecule is [2H]c1c([2H])c(-n2c3c([2H])c([2H])c([2H])c([2H])c3c3c([2H])c([2H])c([2H])c([2H])c32)c([2H])c2c1B1c3c(cc(C(C)(C)C)cc3N(c3c(-c4ccccc4)cc(C(C)(C)C)cc3-c3ccccc3)c3c([2H])c(-n4c5c([2H])c([2H])c([2H])c([2H])c5c5c([2H])c([2H])c([2H])c([2H])c54)c([2H])c(C(C)(C)C)c31)N2c1c(-c2ccccc2)cc(C(C)(C)C)cc1-c1ccccc1. The fourth-order valence-corrected chi connectivity index (χ4v) is 14.7. The summed E-state index contributed by atoms with van der Waals surface area (Å²) in [5.74, 6) is 0. The summed E-state index contributed by atoms with van der Waals surface area (Å²) in [6.45, 7) is 23.1. The van der Waals surface area contributed by atoms with Gasteiger partial charge < -0.3 is 18.9 Å². The lowest BCUT2D eigenvalue weighted by molar-refractivity contribution is 0.590. The van der Waals surface area contributed by atoms with Crippen molar-refractivity contribution in [3.05, 3.63) is 307 Å². The molecule has 17 rings (SSSR count). The fourth-order valence-electron chi connectivity index (χ4n) is 14.7. The maximum Gasteiger partial charge on any atom is 0.252 e. The Morgan fingerprint density at radius 2 is 0.626 bits per heavy atom. The summed E-state index contributed by atoms with van der Waals surface area (Å²) in [6.07, 6.45) is 0. The Bertz CT molecular complexity index is 6720. The number of hydrogen-bond acceptors (Lipinski definition) is 2. The van der Waals surface area contributed by atoms with Gasteiger partial charge in [0.15, 0.2) is 0 Å². The van der Waals surface area contributed by atoms with Crippen molar-refractivity contribution < 1.29 is 28.8 Å². The van der Waals surface area contributed by atoms with Crippen LogP contribution in [0.5, 0.6) is 0 Å². The van der Waals surface area contributed by atoms with E-state index in [1.165, 1.54) is 4.57 Å². The minimum Gasteiger partial charge on any atom is -0.310 e. The Labute approximate surface area is 613 Å². The summed E-state index contributed by atoms with van der Waals surface area (Å²) in [4.78, 5) is 4.01. The van der Waals surface area contributed by atoms with Gasteiger partial charge in [0.1, 0.15) is 0 Å². The number of fused-ring (bicyclic) bond motifs is 10. The topological polar surface area (TPSA) is 16.3 Å². The van der Waals surface area contributed by atoms with E-state index in [4.69, 9.17) is 2.74 Å². The normalized spacial score (nSPS) is 16.2. The third-order valence-electron chi connectivity index (χ3n) is 19.6. The number of rotatable bonds is 8. The molecular weight excluding hydrogens is 1200 g/mol. The first kappa shape index (κ1) is 42.7. The Hall–Kier alpha value is -10.9. The van der Waals surface area contributed by atoms with Crippen LogP contribution in [0, 0.1) is 0 Å². The van der Waals surface area contributed by atoms with Gasteiger partial charge in [-0.1, -0.05) is 283 Å². The summed E-state index contributed by atoms with van der Waals surface area (Å²) in [5.41, 5.74) is 4.93. The summed E-state index contributed by atoms with van der Waals surface area (Å²) in [6, 6.07) is 38.0. The molecule has 99 heavy (non-hydrogen) atoms. The van der Waals surface area contributed by atoms with Gasteiger partial charge in [-0.05, 0) is 167 Å². The van der Waals surface area contributed by atoms with Gasteiger partial charge in [-0.15, -0.1) is 0 Å². The fraction of sp³-hybridized carbons (Fsp3) is 0.170. The second kappa shape index (κ2) is 22.9. The standard InChI is InChI=1S/C94H83BN4/c1-91(2,3)64-51-73(60-33-17-13-18-34-60)89(74(52-64)61-35-19-14-20-36-61)98-83-58-67(96-79-45-29-25-41-69(79)70-42-26-30-46-80(70)96)49-50-78(83)95-87-77(94(10,11)12)57-68(97-81-47-31-27-43-71(81)72-44-28-32-48-82(72)97)59-86(87)99(85-56-66(93(7,8)9)55-84(98)88(85)95)90-75(62-37-21-15-22-38-62)53-65(92(4,5)6)54-76(90)63-39-23-16-24-40-63/h13-59H,1-12H3/i25D,26D,27D,28D,29D,30D,31D,32D,41D,42D,43D,44D,45D,46D,47D,48D,49D,50D,57D,58D,59D. The lowest BCUT2D eigenvalue weighted by Gasteiger charge is -2.48. The second-order valence-corrected chi connectivity index (χ2v) is 30.1. The van der Waals surface area contributed by atoms with Crippen LogP contribution in [0.25, 0.3) is 99.5 Å². The van der Waals surface area contributed by atoms with Crippen LogP contribution in [0.4, 0.5) is 34.1 Å². The number of aromatic nitrogens is 2. The molecule has 15 aromatic rings. The van der Waals surface area contributed by atoms with Crippen LogP contribution in [0.1, 0.15) is 134 Å². The molecule has 2 aliphatic rings. The molecule has 0 saturated heterocycles. The van der Waals surface area contributed by atoms with Gasteiger partial charge in [0.05, 0.1) is 62.2 Å². The van der Waals surface area contributed by atoms with Crippen molar-refractivity contribution in [1.82, 2.24) is 9.13 Å². The molecule has 0 aliphatic carbocycles. The van der Waals surface area contributed by atoms with Crippen molar-refractivity contribution in [2.24, 2.45) is 0 Å². The summed E-state index contributed by atoms with van der Waals surface area (Å²) in [5, 5.41) is -1.22. The predicted octanol–water partition coefficient (Wildman–Crippen LogP) is 23.8. The number of nitrogens with zero attached hydrogens (tertiary/aromatic N) is 4. The Morgan fingerprint density at radius 3 is 0.980 bits per heavy atom. The van der Waals surface area contributed by atoms with Crippen LogP contribution in [0.15, 0.2) is 285 Å². The minimum atomic E-state index is -1.48. The van der Waals surface area contributed by atoms with E-state index >= 15 is 0 Å². The minimum absolute atomic E-state index is 0.0267. The quantitative estimate of drug-likeness (QED) is 0.141. The first-order chi connectivity index (χ1) is 56.4. The van der Waals surface area contributed by atoms with Gasteiger partial charge in [-0.3, -0.25) is 0 Å². The van der Waals surface area contributed by atoms with E-state index in [0.717, 1.165) is 37.9 Å². The van der Waals surface area contributed by atoms with E-state index < -0.39 is 172 Å². The average Bonchev–Trinajstić information content (AvgIpc) is 0.803. The molecule has 0 unspecified atom stereocenters. The smallest absolute Gasteiger partial charge is 0.252 e. The zero-order chi connectivity index (χ0) is 86.3. The number of para-hydroxylation sites is 4. The maximum absolute atomic E-state index is 12.0. The third kappa shape index (κ3) is 10.1. The molecule has 5 heteroatoms. The zero-order valence-electron chi connectivity index (χ0n) is 78.4. The van der Waals surface area contributed by atoms with Crippen LogP contribution in [0.2, 0.25) is 0 Å². The first-order valence-corrected chi connectivity index (χ1v) is 33.7. The van der Waals surface area contributed by atoms with E-state index in [0.29, 0.717) is 56.0 Å². The first-order valence-electron chi connectivity index (χ1n) is 44.2. The van der Waals surface area contributed by atoms with Crippen LogP contribution in [-0.2, 0) is 21.7 Å². The molecular formula is C94H83BN4. The lowest BCUT2D eigenvalue weighted by Crippen LogP contribution is -2.63. The van der Waals surface area contributed by atoms with Crippen molar-refractivity contribution in [2.45, 2.75) is 105 Å². The molecule has 4 nitrogen and oxygen atoms in total. The van der Waals surface area contributed by atoms with Crippen molar-refractivity contribution in [3.63, 3.8) is 0 Å². The van der Waals surface area contributed by atoms with Gasteiger partial charge in [0.2, 0.25) is 0 Å². The monoisotopic (exact) mass is 1300 g/mol. The van der Waals surface area contributed by atoms with E-state index in [2.05, 4.69) is 98.7 Å². The molecule has 0 spiro atoms. The van der Waals surface area contributed by atoms with Gasteiger partial charge in [-0.2, -0.15) is 0 Å². The van der Waals surface area contributed by atoms with E-state index in [9.17, 15) is 26.0 Å².